The molecule has 1 unspecified atom stereocenters. The molecule has 14 heavy (non-hydrogen) atoms. The van der Waals surface area contributed by atoms with E-state index in [4.69, 9.17) is 4.74 Å². The highest BCUT2D eigenvalue weighted by Crippen LogP contribution is 2.03. The highest BCUT2D eigenvalue weighted by atomic mass is 16.5. The Morgan fingerprint density at radius 1 is 1.14 bits per heavy atom. The molecular formula is C12H27NO. The molecule has 0 aliphatic heterocycles. The summed E-state index contributed by atoms with van der Waals surface area (Å²) < 4.78 is 5.01. The Kier molecular flexibility index (Phi) is 10.9. The lowest BCUT2D eigenvalue weighted by molar-refractivity contribution is 0.191. The summed E-state index contributed by atoms with van der Waals surface area (Å²) in [6.07, 6.45) is 7.71. The lowest BCUT2D eigenvalue weighted by Crippen LogP contribution is -2.26. The van der Waals surface area contributed by atoms with Crippen molar-refractivity contribution in [1.82, 2.24) is 5.32 Å². The molecule has 0 aromatic rings. The van der Waals surface area contributed by atoms with Crippen molar-refractivity contribution in [1.29, 1.82) is 0 Å². The van der Waals surface area contributed by atoms with E-state index in [1.165, 1.54) is 45.1 Å². The van der Waals surface area contributed by atoms with Crippen LogP contribution in [0.5, 0.6) is 0 Å². The van der Waals surface area contributed by atoms with Crippen LogP contribution in [0.2, 0.25) is 0 Å². The lowest BCUT2D eigenvalue weighted by atomic mass is 10.1. The highest BCUT2D eigenvalue weighted by molar-refractivity contribution is 4.60. The van der Waals surface area contributed by atoms with Crippen molar-refractivity contribution >= 4 is 0 Å². The van der Waals surface area contributed by atoms with E-state index >= 15 is 0 Å². The summed E-state index contributed by atoms with van der Waals surface area (Å²) in [7, 11) is 1.77. The molecule has 86 valence electrons. The summed E-state index contributed by atoms with van der Waals surface area (Å²) in [4.78, 5) is 0. The van der Waals surface area contributed by atoms with Gasteiger partial charge in [-0.25, -0.2) is 0 Å². The largest absolute Gasteiger partial charge is 0.385 e. The van der Waals surface area contributed by atoms with E-state index in [9.17, 15) is 0 Å². The van der Waals surface area contributed by atoms with Gasteiger partial charge >= 0.3 is 0 Å². The molecule has 0 rings (SSSR count). The molecular weight excluding hydrogens is 174 g/mol. The van der Waals surface area contributed by atoms with Crippen LogP contribution in [-0.2, 0) is 4.74 Å². The van der Waals surface area contributed by atoms with E-state index in [-0.39, 0.29) is 0 Å². The minimum Gasteiger partial charge on any atom is -0.385 e. The maximum atomic E-state index is 5.01. The van der Waals surface area contributed by atoms with E-state index in [0.29, 0.717) is 6.04 Å². The fourth-order valence-electron chi connectivity index (χ4n) is 1.50. The van der Waals surface area contributed by atoms with Crippen LogP contribution >= 0.6 is 0 Å². The van der Waals surface area contributed by atoms with Crippen LogP contribution in [0, 0.1) is 0 Å². The number of ether oxygens (including phenoxy) is 1. The Labute approximate surface area is 89.4 Å². The molecule has 1 atom stereocenters. The molecule has 0 fully saturated rings. The average Bonchev–Trinajstić information content (AvgIpc) is 2.18. The molecule has 0 bridgehead atoms. The highest BCUT2D eigenvalue weighted by Gasteiger charge is 1.99. The molecule has 0 amide bonds. The first kappa shape index (κ1) is 13.9. The van der Waals surface area contributed by atoms with Gasteiger partial charge in [0.1, 0.15) is 0 Å². The zero-order valence-corrected chi connectivity index (χ0v) is 10.1. The van der Waals surface area contributed by atoms with Gasteiger partial charge in [0, 0.05) is 19.8 Å². The first-order chi connectivity index (χ1) is 6.81. The van der Waals surface area contributed by atoms with Gasteiger partial charge in [0.15, 0.2) is 0 Å². The fourth-order valence-corrected chi connectivity index (χ4v) is 1.50. The van der Waals surface area contributed by atoms with Crippen LogP contribution in [-0.4, -0.2) is 26.3 Å². The van der Waals surface area contributed by atoms with Gasteiger partial charge in [0.25, 0.3) is 0 Å². The average molecular weight is 201 g/mol. The minimum atomic E-state index is 0.684. The van der Waals surface area contributed by atoms with Crippen molar-refractivity contribution < 1.29 is 4.74 Å². The van der Waals surface area contributed by atoms with Crippen LogP contribution in [0.15, 0.2) is 0 Å². The molecule has 0 saturated carbocycles. The molecule has 0 spiro atoms. The minimum absolute atomic E-state index is 0.684. The van der Waals surface area contributed by atoms with Gasteiger partial charge in [0.05, 0.1) is 0 Å². The molecule has 0 aromatic carbocycles. The second kappa shape index (κ2) is 11.0. The number of methoxy groups -OCH3 is 1. The summed E-state index contributed by atoms with van der Waals surface area (Å²) in [5, 5.41) is 3.54. The Bertz CT molecular complexity index is 106. The predicted molar refractivity (Wildman–Crippen MR) is 62.7 cm³/mol. The normalized spacial score (nSPS) is 13.1. The summed E-state index contributed by atoms with van der Waals surface area (Å²) in [6.45, 7) is 6.61. The van der Waals surface area contributed by atoms with Gasteiger partial charge in [-0.05, 0) is 32.7 Å². The maximum absolute atomic E-state index is 5.01. The SMILES string of the molecule is CCCCNC(C)CCCCCOC. The van der Waals surface area contributed by atoms with Crippen LogP contribution in [0.1, 0.15) is 52.4 Å². The molecule has 0 heterocycles. The van der Waals surface area contributed by atoms with Crippen LogP contribution in [0.3, 0.4) is 0 Å². The number of nitrogens with one attached hydrogen (secondary N) is 1. The van der Waals surface area contributed by atoms with Gasteiger partial charge in [-0.2, -0.15) is 0 Å². The maximum Gasteiger partial charge on any atom is 0.0462 e. The first-order valence-corrected chi connectivity index (χ1v) is 6.03. The Morgan fingerprint density at radius 3 is 2.57 bits per heavy atom. The molecule has 0 radical (unpaired) electrons. The zero-order chi connectivity index (χ0) is 10.6. The topological polar surface area (TPSA) is 21.3 Å². The van der Waals surface area contributed by atoms with Crippen LogP contribution < -0.4 is 5.32 Å². The third kappa shape index (κ3) is 10.0. The van der Waals surface area contributed by atoms with Gasteiger partial charge in [0.2, 0.25) is 0 Å². The summed E-state index contributed by atoms with van der Waals surface area (Å²) in [5.41, 5.74) is 0. The standard InChI is InChI=1S/C12H27NO/c1-4-5-10-13-12(2)9-7-6-8-11-14-3/h12-13H,4-11H2,1-3H3. The number of hydrogen-bond acceptors (Lipinski definition) is 2. The molecule has 0 aromatic heterocycles. The quantitative estimate of drug-likeness (QED) is 0.549. The van der Waals surface area contributed by atoms with Gasteiger partial charge < -0.3 is 10.1 Å². The predicted octanol–water partition coefficient (Wildman–Crippen LogP) is 2.97. The first-order valence-electron chi connectivity index (χ1n) is 6.03. The Balaban J connectivity index is 3.06. The van der Waals surface area contributed by atoms with E-state index in [1.807, 2.05) is 0 Å². The van der Waals surface area contributed by atoms with Crippen molar-refractivity contribution in [3.63, 3.8) is 0 Å². The number of unbranched alkanes of at least 4 members (excludes halogenated alkanes) is 3. The number of rotatable bonds is 10. The fraction of sp³-hybridized carbons (Fsp3) is 1.00. The van der Waals surface area contributed by atoms with Gasteiger partial charge in [-0.3, -0.25) is 0 Å². The summed E-state index contributed by atoms with van der Waals surface area (Å²) in [5.74, 6) is 0. The number of hydrogen-bond donors (Lipinski definition) is 1. The second-order valence-electron chi connectivity index (χ2n) is 4.05. The van der Waals surface area contributed by atoms with Crippen molar-refractivity contribution in [2.75, 3.05) is 20.3 Å². The zero-order valence-electron chi connectivity index (χ0n) is 10.1. The smallest absolute Gasteiger partial charge is 0.0462 e. The van der Waals surface area contributed by atoms with E-state index < -0.39 is 0 Å². The summed E-state index contributed by atoms with van der Waals surface area (Å²) >= 11 is 0. The van der Waals surface area contributed by atoms with E-state index in [1.54, 1.807) is 7.11 Å². The van der Waals surface area contributed by atoms with Crippen molar-refractivity contribution in [2.45, 2.75) is 58.4 Å². The van der Waals surface area contributed by atoms with E-state index in [0.717, 1.165) is 6.61 Å². The monoisotopic (exact) mass is 201 g/mol. The van der Waals surface area contributed by atoms with Crippen LogP contribution in [0.25, 0.3) is 0 Å². The van der Waals surface area contributed by atoms with Crippen LogP contribution in [0.4, 0.5) is 0 Å². The molecule has 2 nitrogen and oxygen atoms in total. The second-order valence-corrected chi connectivity index (χ2v) is 4.05. The lowest BCUT2D eigenvalue weighted by Gasteiger charge is -2.12. The molecule has 1 N–H and O–H groups in total. The van der Waals surface area contributed by atoms with Crippen molar-refractivity contribution in [2.24, 2.45) is 0 Å². The Morgan fingerprint density at radius 2 is 1.93 bits per heavy atom. The summed E-state index contributed by atoms with van der Waals surface area (Å²) in [6, 6.07) is 0.684. The molecule has 0 saturated heterocycles. The van der Waals surface area contributed by atoms with Gasteiger partial charge in [-0.1, -0.05) is 26.2 Å². The van der Waals surface area contributed by atoms with Crippen molar-refractivity contribution in [3.8, 4) is 0 Å². The van der Waals surface area contributed by atoms with Crippen molar-refractivity contribution in [3.05, 3.63) is 0 Å². The molecule has 2 heteroatoms. The third-order valence-corrected chi connectivity index (χ3v) is 2.51. The van der Waals surface area contributed by atoms with Gasteiger partial charge in [-0.15, -0.1) is 0 Å². The molecule has 0 aliphatic carbocycles. The van der Waals surface area contributed by atoms with E-state index in [2.05, 4.69) is 19.2 Å². The third-order valence-electron chi connectivity index (χ3n) is 2.51. The Hall–Kier alpha value is -0.0800. The molecule has 0 aliphatic rings.